The number of carbonyl (C=O) groups is 1. The average Bonchev–Trinajstić information content (AvgIpc) is 3.19. The van der Waals surface area contributed by atoms with Crippen molar-refractivity contribution in [3.8, 4) is 5.69 Å². The van der Waals surface area contributed by atoms with E-state index >= 15 is 0 Å². The lowest BCUT2D eigenvalue weighted by atomic mass is 10.1. The molecule has 0 radical (unpaired) electrons. The Balaban J connectivity index is 0.00000192. The minimum atomic E-state index is -0.0776. The smallest absolute Gasteiger partial charge is 0.254 e. The molecule has 3 rings (SSSR count). The van der Waals surface area contributed by atoms with Gasteiger partial charge in [0.15, 0.2) is 0 Å². The summed E-state index contributed by atoms with van der Waals surface area (Å²) in [6.07, 6.45) is 5.53. The monoisotopic (exact) mass is 354 g/mol. The lowest BCUT2D eigenvalue weighted by molar-refractivity contribution is 0.0951. The predicted octanol–water partition coefficient (Wildman–Crippen LogP) is 2.68. The molecule has 1 atom stereocenters. The van der Waals surface area contributed by atoms with Gasteiger partial charge in [-0.25, -0.2) is 4.68 Å². The molecule has 1 aliphatic heterocycles. The van der Waals surface area contributed by atoms with Crippen LogP contribution in [0.3, 0.4) is 0 Å². The second-order valence-electron chi connectivity index (χ2n) is 5.55. The molecule has 1 aliphatic rings. The van der Waals surface area contributed by atoms with Gasteiger partial charge in [-0.15, -0.1) is 12.4 Å². The molecule has 2 N–H and O–H groups in total. The van der Waals surface area contributed by atoms with Gasteiger partial charge in [0.1, 0.15) is 0 Å². The van der Waals surface area contributed by atoms with Gasteiger partial charge in [0.2, 0.25) is 0 Å². The number of nitrogens with one attached hydrogen (secondary N) is 2. The Morgan fingerprint density at radius 2 is 2.17 bits per heavy atom. The number of hydrogen-bond donors (Lipinski definition) is 2. The molecular formula is C16H20Cl2N4O. The van der Waals surface area contributed by atoms with Crippen molar-refractivity contribution in [3.05, 3.63) is 47.2 Å². The Morgan fingerprint density at radius 3 is 2.87 bits per heavy atom. The van der Waals surface area contributed by atoms with E-state index in [4.69, 9.17) is 11.6 Å². The molecular weight excluding hydrogens is 335 g/mol. The van der Waals surface area contributed by atoms with Crippen molar-refractivity contribution in [1.82, 2.24) is 20.4 Å². The van der Waals surface area contributed by atoms with E-state index in [0.29, 0.717) is 23.0 Å². The highest BCUT2D eigenvalue weighted by molar-refractivity contribution is 6.30. The highest BCUT2D eigenvalue weighted by Crippen LogP contribution is 2.14. The van der Waals surface area contributed by atoms with Crippen LogP contribution in [0.4, 0.5) is 0 Å². The van der Waals surface area contributed by atoms with Crippen LogP contribution in [-0.2, 0) is 0 Å². The van der Waals surface area contributed by atoms with Gasteiger partial charge >= 0.3 is 0 Å². The molecule has 0 bridgehead atoms. The summed E-state index contributed by atoms with van der Waals surface area (Å²) in [6, 6.07) is 7.33. The first kappa shape index (κ1) is 17.8. The predicted molar refractivity (Wildman–Crippen MR) is 93.7 cm³/mol. The number of aromatic nitrogens is 2. The molecule has 1 fully saturated rings. The van der Waals surface area contributed by atoms with Crippen LogP contribution in [0, 0.1) is 5.92 Å². The van der Waals surface area contributed by atoms with Gasteiger partial charge in [-0.05, 0) is 56.1 Å². The Labute approximate surface area is 146 Å². The van der Waals surface area contributed by atoms with E-state index in [2.05, 4.69) is 15.7 Å². The maximum atomic E-state index is 12.1. The van der Waals surface area contributed by atoms with Crippen LogP contribution in [0.2, 0.25) is 5.02 Å². The second-order valence-corrected chi connectivity index (χ2v) is 5.99. The van der Waals surface area contributed by atoms with Crippen LogP contribution in [-0.4, -0.2) is 35.3 Å². The van der Waals surface area contributed by atoms with Gasteiger partial charge in [0, 0.05) is 17.8 Å². The van der Waals surface area contributed by atoms with Crippen LogP contribution < -0.4 is 10.6 Å². The zero-order chi connectivity index (χ0) is 15.4. The third-order valence-corrected chi connectivity index (χ3v) is 4.19. The van der Waals surface area contributed by atoms with E-state index in [0.717, 1.165) is 25.2 Å². The zero-order valence-electron chi connectivity index (χ0n) is 12.7. The highest BCUT2D eigenvalue weighted by atomic mass is 35.5. The Morgan fingerprint density at radius 1 is 1.39 bits per heavy atom. The van der Waals surface area contributed by atoms with Crippen LogP contribution in [0.25, 0.3) is 5.69 Å². The average molecular weight is 355 g/mol. The summed E-state index contributed by atoms with van der Waals surface area (Å²) < 4.78 is 1.67. The summed E-state index contributed by atoms with van der Waals surface area (Å²) in [5, 5.41) is 11.2. The lowest BCUT2D eigenvalue weighted by Gasteiger charge is -2.08. The van der Waals surface area contributed by atoms with E-state index < -0.39 is 0 Å². The molecule has 124 valence electrons. The summed E-state index contributed by atoms with van der Waals surface area (Å²) in [5.74, 6) is 0.600. The van der Waals surface area contributed by atoms with Crippen molar-refractivity contribution in [2.24, 2.45) is 5.92 Å². The van der Waals surface area contributed by atoms with Gasteiger partial charge < -0.3 is 10.6 Å². The molecule has 1 aromatic heterocycles. The minimum Gasteiger partial charge on any atom is -0.352 e. The van der Waals surface area contributed by atoms with Gasteiger partial charge in [0.05, 0.1) is 17.4 Å². The van der Waals surface area contributed by atoms with Gasteiger partial charge in [-0.1, -0.05) is 11.6 Å². The SMILES string of the molecule is Cl.O=C(NCCC1CCNC1)c1cnn(-c2ccc(Cl)cc2)c1. The van der Waals surface area contributed by atoms with Crippen molar-refractivity contribution in [1.29, 1.82) is 0 Å². The number of hydrogen-bond acceptors (Lipinski definition) is 3. The molecule has 2 aromatic rings. The van der Waals surface area contributed by atoms with E-state index in [1.165, 1.54) is 6.42 Å². The number of rotatable bonds is 5. The number of benzene rings is 1. The first-order valence-corrected chi connectivity index (χ1v) is 7.90. The molecule has 5 nitrogen and oxygen atoms in total. The fraction of sp³-hybridized carbons (Fsp3) is 0.375. The molecule has 1 aromatic carbocycles. The molecule has 0 aliphatic carbocycles. The highest BCUT2D eigenvalue weighted by Gasteiger charge is 2.15. The topological polar surface area (TPSA) is 59.0 Å². The third-order valence-electron chi connectivity index (χ3n) is 3.94. The maximum Gasteiger partial charge on any atom is 0.254 e. The Hall–Kier alpha value is -1.56. The Kier molecular flexibility index (Phi) is 6.45. The molecule has 23 heavy (non-hydrogen) atoms. The van der Waals surface area contributed by atoms with Crippen LogP contribution in [0.1, 0.15) is 23.2 Å². The van der Waals surface area contributed by atoms with E-state index in [1.54, 1.807) is 29.2 Å². The van der Waals surface area contributed by atoms with Crippen LogP contribution >= 0.6 is 24.0 Å². The largest absolute Gasteiger partial charge is 0.352 e. The van der Waals surface area contributed by atoms with Gasteiger partial charge in [-0.2, -0.15) is 5.10 Å². The molecule has 1 amide bonds. The van der Waals surface area contributed by atoms with Crippen molar-refractivity contribution < 1.29 is 4.79 Å². The first-order valence-electron chi connectivity index (χ1n) is 7.52. The number of carbonyl (C=O) groups excluding carboxylic acids is 1. The van der Waals surface area contributed by atoms with Crippen molar-refractivity contribution in [2.45, 2.75) is 12.8 Å². The van der Waals surface area contributed by atoms with Gasteiger partial charge in [-0.3, -0.25) is 4.79 Å². The van der Waals surface area contributed by atoms with Crippen molar-refractivity contribution >= 4 is 29.9 Å². The molecule has 7 heteroatoms. The standard InChI is InChI=1S/C16H19ClN4O.ClH/c17-14-1-3-15(4-2-14)21-11-13(10-20-21)16(22)19-8-6-12-5-7-18-9-12;/h1-4,10-12,18H,5-9H2,(H,19,22);1H. The van der Waals surface area contributed by atoms with E-state index in [-0.39, 0.29) is 18.3 Å². The van der Waals surface area contributed by atoms with E-state index in [9.17, 15) is 4.79 Å². The van der Waals surface area contributed by atoms with Gasteiger partial charge in [0.25, 0.3) is 5.91 Å². The number of nitrogens with zero attached hydrogens (tertiary/aromatic N) is 2. The fourth-order valence-electron chi connectivity index (χ4n) is 2.63. The van der Waals surface area contributed by atoms with E-state index in [1.807, 2.05) is 12.1 Å². The molecule has 1 unspecified atom stereocenters. The van der Waals surface area contributed by atoms with Crippen molar-refractivity contribution in [2.75, 3.05) is 19.6 Å². The molecule has 0 spiro atoms. The summed E-state index contributed by atoms with van der Waals surface area (Å²) in [7, 11) is 0. The summed E-state index contributed by atoms with van der Waals surface area (Å²) in [5.41, 5.74) is 1.44. The normalized spacial score (nSPS) is 16.8. The quantitative estimate of drug-likeness (QED) is 0.867. The summed E-state index contributed by atoms with van der Waals surface area (Å²) >= 11 is 5.87. The summed E-state index contributed by atoms with van der Waals surface area (Å²) in [4.78, 5) is 12.1. The first-order chi connectivity index (χ1) is 10.7. The third kappa shape index (κ3) is 4.70. The fourth-order valence-corrected chi connectivity index (χ4v) is 2.75. The zero-order valence-corrected chi connectivity index (χ0v) is 14.2. The lowest BCUT2D eigenvalue weighted by Crippen LogP contribution is -2.26. The minimum absolute atomic E-state index is 0. The number of halogens is 2. The summed E-state index contributed by atoms with van der Waals surface area (Å²) in [6.45, 7) is 2.86. The second kappa shape index (κ2) is 8.34. The van der Waals surface area contributed by atoms with Crippen LogP contribution in [0.5, 0.6) is 0 Å². The maximum absolute atomic E-state index is 12.1. The van der Waals surface area contributed by atoms with Crippen molar-refractivity contribution in [3.63, 3.8) is 0 Å². The molecule has 1 saturated heterocycles. The molecule has 0 saturated carbocycles. The Bertz CT molecular complexity index is 636. The number of amides is 1. The molecule has 2 heterocycles. The van der Waals surface area contributed by atoms with Crippen LogP contribution in [0.15, 0.2) is 36.7 Å².